The van der Waals surface area contributed by atoms with E-state index in [2.05, 4.69) is 26.3 Å². The summed E-state index contributed by atoms with van der Waals surface area (Å²) < 4.78 is 14.5. The van der Waals surface area contributed by atoms with Crippen LogP contribution in [0.2, 0.25) is 0 Å². The third-order valence-corrected chi connectivity index (χ3v) is 6.14. The number of nitrogen functional groups attached to an aromatic ring is 1. The van der Waals surface area contributed by atoms with Gasteiger partial charge in [0.15, 0.2) is 10.9 Å². The maximum absolute atomic E-state index is 13.3. The smallest absolute Gasteiger partial charge is 0.184 e. The lowest BCUT2D eigenvalue weighted by molar-refractivity contribution is 0.345. The van der Waals surface area contributed by atoms with Gasteiger partial charge >= 0.3 is 0 Å². The molecule has 0 amide bonds. The molecule has 2 saturated carbocycles. The van der Waals surface area contributed by atoms with Crippen molar-refractivity contribution in [3.05, 3.63) is 42.3 Å². The van der Waals surface area contributed by atoms with E-state index in [9.17, 15) is 4.39 Å². The van der Waals surface area contributed by atoms with Crippen molar-refractivity contribution >= 4 is 38.2 Å². The summed E-state index contributed by atoms with van der Waals surface area (Å²) in [6, 6.07) is 10.9. The number of rotatable bonds is 5. The van der Waals surface area contributed by atoms with E-state index < -0.39 is 0 Å². The molecule has 3 N–H and O–H groups in total. The lowest BCUT2D eigenvalue weighted by atomic mass is 9.85. The average molecular weight is 369 g/mol. The van der Waals surface area contributed by atoms with Crippen LogP contribution in [-0.2, 0) is 0 Å². The monoisotopic (exact) mass is 369 g/mol. The van der Waals surface area contributed by atoms with Gasteiger partial charge in [-0.25, -0.2) is 14.4 Å². The van der Waals surface area contributed by atoms with E-state index in [0.29, 0.717) is 23.8 Å². The zero-order chi connectivity index (χ0) is 17.7. The normalized spacial score (nSPS) is 22.2. The molecule has 7 heteroatoms. The van der Waals surface area contributed by atoms with Crippen LogP contribution >= 0.6 is 11.3 Å². The van der Waals surface area contributed by atoms with Crippen LogP contribution in [-0.4, -0.2) is 28.1 Å². The van der Waals surface area contributed by atoms with E-state index in [1.807, 2.05) is 18.2 Å². The fourth-order valence-electron chi connectivity index (χ4n) is 3.70. The molecular formula is C19H20FN5S. The van der Waals surface area contributed by atoms with Crippen molar-refractivity contribution in [3.8, 4) is 0 Å². The molecule has 26 heavy (non-hydrogen) atoms. The van der Waals surface area contributed by atoms with Crippen molar-refractivity contribution in [2.45, 2.75) is 43.8 Å². The van der Waals surface area contributed by atoms with Gasteiger partial charge in [0.1, 0.15) is 5.82 Å². The molecular weight excluding hydrogens is 349 g/mol. The van der Waals surface area contributed by atoms with E-state index in [4.69, 9.17) is 5.73 Å². The van der Waals surface area contributed by atoms with Crippen LogP contribution in [0.5, 0.6) is 0 Å². The highest BCUT2D eigenvalue weighted by Crippen LogP contribution is 2.41. The molecule has 0 radical (unpaired) electrons. The number of nitrogens with one attached hydrogen (secondary N) is 1. The summed E-state index contributed by atoms with van der Waals surface area (Å²) in [6.07, 6.45) is 5.61. The van der Waals surface area contributed by atoms with Gasteiger partial charge in [-0.05, 0) is 37.8 Å². The fourth-order valence-corrected chi connectivity index (χ4v) is 4.64. The van der Waals surface area contributed by atoms with Crippen molar-refractivity contribution in [2.75, 3.05) is 16.0 Å². The number of aromatic nitrogens is 2. The molecule has 1 aromatic carbocycles. The van der Waals surface area contributed by atoms with Crippen molar-refractivity contribution < 1.29 is 4.39 Å². The minimum Gasteiger partial charge on any atom is -0.396 e. The van der Waals surface area contributed by atoms with Gasteiger partial charge in [0.05, 0.1) is 22.1 Å². The van der Waals surface area contributed by atoms with E-state index in [-0.39, 0.29) is 5.82 Å². The molecule has 5 nitrogen and oxygen atoms in total. The molecule has 0 spiro atoms. The van der Waals surface area contributed by atoms with Gasteiger partial charge in [0.25, 0.3) is 0 Å². The topological polar surface area (TPSA) is 67.1 Å². The first-order chi connectivity index (χ1) is 12.7. The van der Waals surface area contributed by atoms with Crippen LogP contribution in [0.1, 0.15) is 25.7 Å². The standard InChI is InChI=1S/C19H20FN5S/c20-11-7-15(21)18(22-10-11)25(13-5-6-13)14-8-12(9-14)23-19-24-16-3-1-2-4-17(16)26-19/h1-4,7,10,12-14H,5-6,8-9,21H2,(H,23,24). The minimum absolute atomic E-state index is 0.383. The van der Waals surface area contributed by atoms with Crippen LogP contribution in [0, 0.1) is 5.82 Å². The molecule has 2 aliphatic rings. The van der Waals surface area contributed by atoms with E-state index in [1.165, 1.54) is 17.0 Å². The van der Waals surface area contributed by atoms with Crippen molar-refractivity contribution in [1.82, 2.24) is 9.97 Å². The summed E-state index contributed by atoms with van der Waals surface area (Å²) in [5.74, 6) is 0.350. The van der Waals surface area contributed by atoms with Crippen LogP contribution in [0.4, 0.5) is 21.0 Å². The fraction of sp³-hybridized carbons (Fsp3) is 0.368. The number of thiazole rings is 1. The Morgan fingerprint density at radius 1 is 1.19 bits per heavy atom. The first-order valence-corrected chi connectivity index (χ1v) is 9.80. The highest BCUT2D eigenvalue weighted by molar-refractivity contribution is 7.22. The Morgan fingerprint density at radius 3 is 2.73 bits per heavy atom. The Kier molecular flexibility index (Phi) is 3.70. The summed E-state index contributed by atoms with van der Waals surface area (Å²) in [6.45, 7) is 0. The largest absolute Gasteiger partial charge is 0.396 e. The number of hydrogen-bond donors (Lipinski definition) is 2. The Hall–Kier alpha value is -2.41. The molecule has 0 unspecified atom stereocenters. The predicted octanol–water partition coefficient (Wildman–Crippen LogP) is 4.02. The number of para-hydroxylation sites is 1. The predicted molar refractivity (Wildman–Crippen MR) is 104 cm³/mol. The molecule has 2 aromatic heterocycles. The van der Waals surface area contributed by atoms with Crippen LogP contribution < -0.4 is 16.0 Å². The molecule has 0 aliphatic heterocycles. The summed E-state index contributed by atoms with van der Waals surface area (Å²) in [5, 5.41) is 4.53. The van der Waals surface area contributed by atoms with Crippen molar-refractivity contribution in [2.24, 2.45) is 0 Å². The quantitative estimate of drug-likeness (QED) is 0.711. The molecule has 2 aliphatic carbocycles. The van der Waals surface area contributed by atoms with E-state index in [1.54, 1.807) is 11.3 Å². The SMILES string of the molecule is Nc1cc(F)cnc1N(C1CC1)C1CC(Nc2nc3ccccc3s2)C1. The maximum Gasteiger partial charge on any atom is 0.184 e. The molecule has 5 rings (SSSR count). The average Bonchev–Trinajstić information content (AvgIpc) is 3.33. The van der Waals surface area contributed by atoms with Gasteiger partial charge < -0.3 is 16.0 Å². The third kappa shape index (κ3) is 2.86. The maximum atomic E-state index is 13.3. The molecule has 2 heterocycles. The van der Waals surface area contributed by atoms with Crippen LogP contribution in [0.25, 0.3) is 10.2 Å². The van der Waals surface area contributed by atoms with Gasteiger partial charge in [0.2, 0.25) is 0 Å². The third-order valence-electron chi connectivity index (χ3n) is 5.17. The lowest BCUT2D eigenvalue weighted by Crippen LogP contribution is -2.51. The van der Waals surface area contributed by atoms with Gasteiger partial charge in [-0.15, -0.1) is 0 Å². The lowest BCUT2D eigenvalue weighted by Gasteiger charge is -2.44. The van der Waals surface area contributed by atoms with Crippen molar-refractivity contribution in [3.63, 3.8) is 0 Å². The second kappa shape index (κ2) is 6.09. The summed E-state index contributed by atoms with van der Waals surface area (Å²) in [7, 11) is 0. The molecule has 2 fully saturated rings. The number of benzene rings is 1. The molecule has 134 valence electrons. The number of halogens is 1. The summed E-state index contributed by atoms with van der Waals surface area (Å²) in [5.41, 5.74) is 7.51. The minimum atomic E-state index is -0.383. The second-order valence-corrected chi connectivity index (χ2v) is 8.19. The first kappa shape index (κ1) is 15.8. The summed E-state index contributed by atoms with van der Waals surface area (Å²) in [4.78, 5) is 11.2. The highest BCUT2D eigenvalue weighted by Gasteiger charge is 2.42. The van der Waals surface area contributed by atoms with Gasteiger partial charge in [-0.2, -0.15) is 0 Å². The van der Waals surface area contributed by atoms with Crippen molar-refractivity contribution in [1.29, 1.82) is 0 Å². The second-order valence-electron chi connectivity index (χ2n) is 7.16. The number of nitrogens with zero attached hydrogens (tertiary/aromatic N) is 3. The van der Waals surface area contributed by atoms with E-state index in [0.717, 1.165) is 42.1 Å². The zero-order valence-electron chi connectivity index (χ0n) is 14.2. The Labute approximate surface area is 155 Å². The molecule has 3 aromatic rings. The molecule has 0 bridgehead atoms. The number of pyridine rings is 1. The Bertz CT molecular complexity index is 915. The Morgan fingerprint density at radius 2 is 2.00 bits per heavy atom. The Balaban J connectivity index is 1.28. The van der Waals surface area contributed by atoms with E-state index >= 15 is 0 Å². The number of nitrogens with two attached hydrogens (primary N) is 1. The van der Waals surface area contributed by atoms with Gasteiger partial charge in [0, 0.05) is 24.2 Å². The van der Waals surface area contributed by atoms with Crippen LogP contribution in [0.15, 0.2) is 36.5 Å². The zero-order valence-corrected chi connectivity index (χ0v) is 15.0. The summed E-state index contributed by atoms with van der Waals surface area (Å²) >= 11 is 1.69. The number of fused-ring (bicyclic) bond motifs is 1. The first-order valence-electron chi connectivity index (χ1n) is 8.99. The molecule has 0 atom stereocenters. The van der Waals surface area contributed by atoms with Crippen LogP contribution in [0.3, 0.4) is 0 Å². The number of anilines is 3. The number of hydrogen-bond acceptors (Lipinski definition) is 6. The molecule has 0 saturated heterocycles. The highest BCUT2D eigenvalue weighted by atomic mass is 32.1. The van der Waals surface area contributed by atoms with Gasteiger partial charge in [-0.3, -0.25) is 0 Å². The van der Waals surface area contributed by atoms with Gasteiger partial charge in [-0.1, -0.05) is 23.5 Å².